The lowest BCUT2D eigenvalue weighted by molar-refractivity contribution is -0.117. The van der Waals surface area contributed by atoms with Gasteiger partial charge in [0.1, 0.15) is 5.75 Å². The summed E-state index contributed by atoms with van der Waals surface area (Å²) in [7, 11) is 2.80. The van der Waals surface area contributed by atoms with Crippen LogP contribution < -0.4 is 14.8 Å². The van der Waals surface area contributed by atoms with Crippen molar-refractivity contribution >= 4 is 11.6 Å². The number of aromatic nitrogens is 2. The summed E-state index contributed by atoms with van der Waals surface area (Å²) < 4.78 is 24.0. The molecule has 0 fully saturated rings. The normalized spacial score (nSPS) is 11.9. The van der Waals surface area contributed by atoms with E-state index in [1.807, 2.05) is 13.8 Å². The van der Waals surface area contributed by atoms with E-state index >= 15 is 0 Å². The summed E-state index contributed by atoms with van der Waals surface area (Å²) in [6.07, 6.45) is 0. The van der Waals surface area contributed by atoms with Gasteiger partial charge in [0.2, 0.25) is 5.91 Å². The fourth-order valence-electron chi connectivity index (χ4n) is 2.53. The van der Waals surface area contributed by atoms with Crippen molar-refractivity contribution in [1.29, 1.82) is 0 Å². The molecule has 0 saturated carbocycles. The molecule has 2 rings (SSSR count). The van der Waals surface area contributed by atoms with Crippen LogP contribution in [0.2, 0.25) is 0 Å². The second-order valence-electron chi connectivity index (χ2n) is 5.25. The highest BCUT2D eigenvalue weighted by molar-refractivity contribution is 5.97. The van der Waals surface area contributed by atoms with Crippen LogP contribution in [0.25, 0.3) is 0 Å². The minimum absolute atomic E-state index is 0.0504. The fraction of sp³-hybridized carbons (Fsp3) is 0.375. The number of H-pyrrole nitrogens is 1. The zero-order chi connectivity index (χ0) is 17.1. The molecule has 7 heteroatoms. The molecular weight excluding hydrogens is 301 g/mol. The van der Waals surface area contributed by atoms with Gasteiger partial charge in [-0.05, 0) is 20.8 Å². The molecule has 0 saturated heterocycles. The number of nitrogens with zero attached hydrogens (tertiary/aromatic N) is 1. The number of anilines is 1. The SMILES string of the molecule is COc1cc(OC)c(NC(=O)C(C)c2c(C)n[nH]c2C)cc1F. The van der Waals surface area contributed by atoms with Crippen molar-refractivity contribution < 1.29 is 18.7 Å². The van der Waals surface area contributed by atoms with Crippen LogP contribution in [0.3, 0.4) is 0 Å². The zero-order valence-electron chi connectivity index (χ0n) is 13.8. The molecule has 1 amide bonds. The van der Waals surface area contributed by atoms with Gasteiger partial charge >= 0.3 is 0 Å². The largest absolute Gasteiger partial charge is 0.494 e. The first-order valence-corrected chi connectivity index (χ1v) is 7.12. The van der Waals surface area contributed by atoms with Crippen molar-refractivity contribution in [2.45, 2.75) is 26.7 Å². The minimum Gasteiger partial charge on any atom is -0.494 e. The lowest BCUT2D eigenvalue weighted by Gasteiger charge is -2.16. The summed E-state index contributed by atoms with van der Waals surface area (Å²) in [5.41, 5.74) is 2.67. The Morgan fingerprint density at radius 1 is 1.26 bits per heavy atom. The minimum atomic E-state index is -0.577. The zero-order valence-corrected chi connectivity index (χ0v) is 13.8. The second kappa shape index (κ2) is 6.68. The number of nitrogens with one attached hydrogen (secondary N) is 2. The third-order valence-electron chi connectivity index (χ3n) is 3.74. The molecule has 0 spiro atoms. The summed E-state index contributed by atoms with van der Waals surface area (Å²) in [5.74, 6) is -0.921. The van der Waals surface area contributed by atoms with Crippen molar-refractivity contribution in [2.24, 2.45) is 0 Å². The molecule has 0 aliphatic heterocycles. The number of aryl methyl sites for hydroxylation is 2. The van der Waals surface area contributed by atoms with E-state index in [4.69, 9.17) is 9.47 Å². The molecule has 0 aliphatic carbocycles. The molecular formula is C16H20FN3O3. The van der Waals surface area contributed by atoms with Gasteiger partial charge in [0.25, 0.3) is 0 Å². The predicted octanol–water partition coefficient (Wildman–Crippen LogP) is 2.93. The number of methoxy groups -OCH3 is 2. The lowest BCUT2D eigenvalue weighted by Crippen LogP contribution is -2.20. The summed E-state index contributed by atoms with van der Waals surface area (Å²) in [4.78, 5) is 12.5. The highest BCUT2D eigenvalue weighted by Gasteiger charge is 2.23. The molecule has 1 atom stereocenters. The van der Waals surface area contributed by atoms with E-state index in [2.05, 4.69) is 15.5 Å². The quantitative estimate of drug-likeness (QED) is 0.888. The Bertz CT molecular complexity index is 708. The number of carbonyl (C=O) groups excluding carboxylic acids is 1. The molecule has 0 radical (unpaired) electrons. The molecule has 124 valence electrons. The average molecular weight is 321 g/mol. The van der Waals surface area contributed by atoms with Crippen molar-refractivity contribution in [3.8, 4) is 11.5 Å². The van der Waals surface area contributed by atoms with E-state index in [-0.39, 0.29) is 17.3 Å². The Labute approximate surface area is 134 Å². The van der Waals surface area contributed by atoms with E-state index in [9.17, 15) is 9.18 Å². The number of amides is 1. The van der Waals surface area contributed by atoms with Crippen LogP contribution in [0.1, 0.15) is 29.8 Å². The highest BCUT2D eigenvalue weighted by atomic mass is 19.1. The van der Waals surface area contributed by atoms with Crippen LogP contribution in [-0.2, 0) is 4.79 Å². The number of ether oxygens (including phenoxy) is 2. The van der Waals surface area contributed by atoms with E-state index in [0.717, 1.165) is 17.0 Å². The first-order valence-electron chi connectivity index (χ1n) is 7.12. The van der Waals surface area contributed by atoms with Crippen LogP contribution >= 0.6 is 0 Å². The number of benzene rings is 1. The lowest BCUT2D eigenvalue weighted by atomic mass is 9.98. The van der Waals surface area contributed by atoms with Gasteiger partial charge in [-0.25, -0.2) is 4.39 Å². The molecule has 1 unspecified atom stereocenters. The Balaban J connectivity index is 2.28. The molecule has 23 heavy (non-hydrogen) atoms. The second-order valence-corrected chi connectivity index (χ2v) is 5.25. The predicted molar refractivity (Wildman–Crippen MR) is 84.6 cm³/mol. The first-order chi connectivity index (χ1) is 10.9. The van der Waals surface area contributed by atoms with Gasteiger partial charge in [-0.1, -0.05) is 0 Å². The number of aromatic amines is 1. The number of hydrogen-bond acceptors (Lipinski definition) is 4. The van der Waals surface area contributed by atoms with Gasteiger partial charge in [-0.15, -0.1) is 0 Å². The number of halogens is 1. The average Bonchev–Trinajstić information content (AvgIpc) is 2.85. The maximum atomic E-state index is 13.9. The number of carbonyl (C=O) groups is 1. The highest BCUT2D eigenvalue weighted by Crippen LogP contribution is 2.33. The molecule has 1 aromatic carbocycles. The number of hydrogen-bond donors (Lipinski definition) is 2. The van der Waals surface area contributed by atoms with Crippen LogP contribution in [0.15, 0.2) is 12.1 Å². The third-order valence-corrected chi connectivity index (χ3v) is 3.74. The number of rotatable bonds is 5. The Kier molecular flexibility index (Phi) is 4.88. The van der Waals surface area contributed by atoms with Gasteiger partial charge < -0.3 is 14.8 Å². The van der Waals surface area contributed by atoms with Crippen molar-refractivity contribution in [1.82, 2.24) is 10.2 Å². The van der Waals surface area contributed by atoms with Gasteiger partial charge in [0, 0.05) is 23.4 Å². The van der Waals surface area contributed by atoms with Gasteiger partial charge in [-0.3, -0.25) is 9.89 Å². The van der Waals surface area contributed by atoms with E-state index in [1.165, 1.54) is 26.4 Å². The van der Waals surface area contributed by atoms with Crippen LogP contribution in [-0.4, -0.2) is 30.3 Å². The van der Waals surface area contributed by atoms with E-state index in [1.54, 1.807) is 6.92 Å². The molecule has 6 nitrogen and oxygen atoms in total. The molecule has 1 aromatic heterocycles. The Morgan fingerprint density at radius 2 is 1.91 bits per heavy atom. The monoisotopic (exact) mass is 321 g/mol. The standard InChI is InChI=1S/C16H20FN3O3/c1-8(15-9(2)19-20-10(15)3)16(21)18-12-6-11(17)13(22-4)7-14(12)23-5/h6-8H,1-5H3,(H,18,21)(H,19,20). The van der Waals surface area contributed by atoms with Crippen LogP contribution in [0.4, 0.5) is 10.1 Å². The van der Waals surface area contributed by atoms with Gasteiger partial charge in [-0.2, -0.15) is 5.10 Å². The van der Waals surface area contributed by atoms with Crippen molar-refractivity contribution in [3.63, 3.8) is 0 Å². The Morgan fingerprint density at radius 3 is 2.43 bits per heavy atom. The molecule has 2 N–H and O–H groups in total. The topological polar surface area (TPSA) is 76.2 Å². The fourth-order valence-corrected chi connectivity index (χ4v) is 2.53. The van der Waals surface area contributed by atoms with E-state index in [0.29, 0.717) is 5.75 Å². The Hall–Kier alpha value is -2.57. The molecule has 0 bridgehead atoms. The van der Waals surface area contributed by atoms with Crippen LogP contribution in [0, 0.1) is 19.7 Å². The summed E-state index contributed by atoms with van der Waals surface area (Å²) in [6, 6.07) is 2.57. The smallest absolute Gasteiger partial charge is 0.231 e. The van der Waals surface area contributed by atoms with E-state index < -0.39 is 11.7 Å². The summed E-state index contributed by atoms with van der Waals surface area (Å²) >= 11 is 0. The van der Waals surface area contributed by atoms with Gasteiger partial charge in [0.05, 0.1) is 31.5 Å². The summed E-state index contributed by atoms with van der Waals surface area (Å²) in [5, 5.41) is 9.64. The molecule has 1 heterocycles. The molecule has 0 aliphatic rings. The molecule has 2 aromatic rings. The van der Waals surface area contributed by atoms with Crippen molar-refractivity contribution in [3.05, 3.63) is 34.9 Å². The van der Waals surface area contributed by atoms with Gasteiger partial charge in [0.15, 0.2) is 11.6 Å². The maximum Gasteiger partial charge on any atom is 0.231 e. The third kappa shape index (κ3) is 3.28. The maximum absolute atomic E-state index is 13.9. The van der Waals surface area contributed by atoms with Crippen molar-refractivity contribution in [2.75, 3.05) is 19.5 Å². The van der Waals surface area contributed by atoms with Crippen LogP contribution in [0.5, 0.6) is 11.5 Å². The first kappa shape index (κ1) is 16.8. The summed E-state index contributed by atoms with van der Waals surface area (Å²) in [6.45, 7) is 5.45.